The van der Waals surface area contributed by atoms with Crippen LogP contribution in [0, 0.1) is 28.9 Å². The van der Waals surface area contributed by atoms with Crippen LogP contribution in [-0.4, -0.2) is 69.7 Å². The zero-order valence-electron chi connectivity index (χ0n) is 24.8. The van der Waals surface area contributed by atoms with Gasteiger partial charge in [0.25, 0.3) is 0 Å². The number of nitriles is 1. The Morgan fingerprint density at radius 2 is 2.11 bits per heavy atom. The van der Waals surface area contributed by atoms with Crippen molar-refractivity contribution in [1.82, 2.24) is 25.3 Å². The third-order valence-corrected chi connectivity index (χ3v) is 10.6. The molecule has 2 fully saturated rings. The number of anilines is 2. The number of ether oxygens (including phenoxy) is 1. The fraction of sp³-hybridized carbons (Fsp3) is 0.367. The Kier molecular flexibility index (Phi) is 7.35. The van der Waals surface area contributed by atoms with Gasteiger partial charge in [-0.25, -0.2) is 23.6 Å². The van der Waals surface area contributed by atoms with E-state index in [4.69, 9.17) is 33.7 Å². The third-order valence-electron chi connectivity index (χ3n) is 9.03. The number of likely N-dealkylation sites (tertiary alicyclic amines) is 1. The number of halogens is 4. The number of hydrazine groups is 1. The van der Waals surface area contributed by atoms with Crippen LogP contribution in [0.1, 0.15) is 32.3 Å². The lowest BCUT2D eigenvalue weighted by Crippen LogP contribution is -2.72. The predicted molar refractivity (Wildman–Crippen MR) is 174 cm³/mol. The second-order valence-corrected chi connectivity index (χ2v) is 13.8. The molecule has 11 nitrogen and oxygen atoms in total. The Balaban J connectivity index is 1.32. The molecule has 0 radical (unpaired) electrons. The van der Waals surface area contributed by atoms with E-state index in [0.717, 1.165) is 17.8 Å². The van der Waals surface area contributed by atoms with Gasteiger partial charge in [-0.1, -0.05) is 43.1 Å². The van der Waals surface area contributed by atoms with E-state index in [-0.39, 0.29) is 66.3 Å². The third kappa shape index (κ3) is 4.51. The molecule has 2 aromatic heterocycles. The van der Waals surface area contributed by atoms with E-state index in [2.05, 4.69) is 34.2 Å². The van der Waals surface area contributed by atoms with Gasteiger partial charge in [0.2, 0.25) is 0 Å². The number of hydrogen-bond acceptors (Lipinski definition) is 10. The van der Waals surface area contributed by atoms with Gasteiger partial charge in [-0.15, -0.1) is 11.3 Å². The molecular weight excluding hydrogens is 659 g/mol. The fourth-order valence-corrected chi connectivity index (χ4v) is 8.27. The van der Waals surface area contributed by atoms with E-state index in [1.165, 1.54) is 30.6 Å². The normalized spacial score (nSPS) is 22.5. The summed E-state index contributed by atoms with van der Waals surface area (Å²) in [6.45, 7) is 5.09. The summed E-state index contributed by atoms with van der Waals surface area (Å²) < 4.78 is 37.0. The maximum absolute atomic E-state index is 16.7. The molecule has 238 valence electrons. The van der Waals surface area contributed by atoms with Crippen LogP contribution in [-0.2, 0) is 0 Å². The minimum atomic E-state index is -0.782. The number of carbonyl (C=O) groups excluding carboxylic acids is 1. The number of nitrogens with one attached hydrogen (secondary N) is 1. The number of alkyl halides is 1. The van der Waals surface area contributed by atoms with Gasteiger partial charge in [-0.3, -0.25) is 0 Å². The zero-order valence-corrected chi connectivity index (χ0v) is 27.1. The first-order valence-corrected chi connectivity index (χ1v) is 16.1. The SMILES string of the molecule is COc1nc(N2CC[C@@]3(CC(C(C)C)N3C(=O)N3C=NC(Cl)N3)C2)c2cc(Cl)c(-c3ccc(F)c4sc(N)c(C#N)c34)c(F)c2n1. The van der Waals surface area contributed by atoms with Crippen molar-refractivity contribution in [2.24, 2.45) is 10.9 Å². The minimum absolute atomic E-state index is 0.000130. The average Bonchev–Trinajstić information content (AvgIpc) is 3.74. The molecule has 0 aliphatic carbocycles. The molecule has 4 aromatic rings. The Bertz CT molecular complexity index is 2020. The average molecular weight is 687 g/mol. The quantitative estimate of drug-likeness (QED) is 0.195. The maximum atomic E-state index is 16.7. The lowest BCUT2D eigenvalue weighted by atomic mass is 9.73. The van der Waals surface area contributed by atoms with Crippen LogP contribution >= 0.6 is 34.5 Å². The number of benzene rings is 2. The number of urea groups is 1. The van der Waals surface area contributed by atoms with Crippen molar-refractivity contribution in [3.05, 3.63) is 40.4 Å². The number of nitrogens with two attached hydrogens (primary N) is 1. The number of nitrogen functional groups attached to an aromatic ring is 1. The summed E-state index contributed by atoms with van der Waals surface area (Å²) in [5.41, 5.74) is 7.78. The van der Waals surface area contributed by atoms with Crippen molar-refractivity contribution in [2.75, 3.05) is 30.8 Å². The van der Waals surface area contributed by atoms with Crippen LogP contribution in [0.25, 0.3) is 32.1 Å². The Morgan fingerprint density at radius 3 is 2.78 bits per heavy atom. The van der Waals surface area contributed by atoms with E-state index < -0.39 is 22.8 Å². The molecule has 2 amide bonds. The molecule has 0 saturated carbocycles. The molecular formula is C30H27Cl2F2N9O2S. The first kappa shape index (κ1) is 30.6. The summed E-state index contributed by atoms with van der Waals surface area (Å²) in [4.78, 5) is 30.5. The first-order chi connectivity index (χ1) is 22.0. The Morgan fingerprint density at radius 1 is 1.33 bits per heavy atom. The monoisotopic (exact) mass is 685 g/mol. The van der Waals surface area contributed by atoms with E-state index in [0.29, 0.717) is 30.7 Å². The van der Waals surface area contributed by atoms with Gasteiger partial charge in [0.05, 0.1) is 27.9 Å². The molecule has 3 atom stereocenters. The molecule has 3 aliphatic rings. The van der Waals surface area contributed by atoms with Crippen molar-refractivity contribution < 1.29 is 18.3 Å². The van der Waals surface area contributed by atoms with Gasteiger partial charge >= 0.3 is 12.0 Å². The summed E-state index contributed by atoms with van der Waals surface area (Å²) in [6, 6.07) is 5.83. The molecule has 2 unspecified atom stereocenters. The number of aromatic nitrogens is 2. The predicted octanol–water partition coefficient (Wildman–Crippen LogP) is 6.08. The smallest absolute Gasteiger partial charge is 0.340 e. The number of hydrogen-bond donors (Lipinski definition) is 2. The highest BCUT2D eigenvalue weighted by molar-refractivity contribution is 7.23. The van der Waals surface area contributed by atoms with Gasteiger partial charge in [0, 0.05) is 35.5 Å². The molecule has 3 N–H and O–H groups in total. The fourth-order valence-electron chi connectivity index (χ4n) is 6.87. The lowest BCUT2D eigenvalue weighted by molar-refractivity contribution is -0.0490. The highest BCUT2D eigenvalue weighted by Crippen LogP contribution is 2.49. The largest absolute Gasteiger partial charge is 0.467 e. The number of nitrogens with zero attached hydrogens (tertiary/aromatic N) is 7. The van der Waals surface area contributed by atoms with Gasteiger partial charge in [0.1, 0.15) is 34.6 Å². The van der Waals surface area contributed by atoms with Crippen LogP contribution < -0.4 is 20.8 Å². The van der Waals surface area contributed by atoms with Crippen LogP contribution in [0.4, 0.5) is 24.4 Å². The van der Waals surface area contributed by atoms with Crippen molar-refractivity contribution in [1.29, 1.82) is 5.26 Å². The minimum Gasteiger partial charge on any atom is -0.467 e. The van der Waals surface area contributed by atoms with E-state index in [9.17, 15) is 14.4 Å². The molecule has 1 spiro atoms. The van der Waals surface area contributed by atoms with Crippen molar-refractivity contribution in [2.45, 2.75) is 43.9 Å². The molecule has 7 rings (SSSR count). The van der Waals surface area contributed by atoms with Gasteiger partial charge in [-0.05, 0) is 36.5 Å². The van der Waals surface area contributed by atoms with Gasteiger partial charge < -0.3 is 20.3 Å². The Labute approximate surface area is 276 Å². The van der Waals surface area contributed by atoms with Crippen LogP contribution in [0.3, 0.4) is 0 Å². The number of rotatable bonds is 4. The van der Waals surface area contributed by atoms with Gasteiger partial charge in [-0.2, -0.15) is 20.7 Å². The number of carbonyl (C=O) groups is 1. The van der Waals surface area contributed by atoms with E-state index >= 15 is 4.39 Å². The first-order valence-electron chi connectivity index (χ1n) is 14.4. The molecule has 5 heterocycles. The van der Waals surface area contributed by atoms with E-state index in [1.54, 1.807) is 6.07 Å². The number of thiophene rings is 1. The maximum Gasteiger partial charge on any atom is 0.340 e. The summed E-state index contributed by atoms with van der Waals surface area (Å²) in [7, 11) is 1.39. The summed E-state index contributed by atoms with van der Waals surface area (Å²) in [5.74, 6) is -0.758. The second kappa shape index (κ2) is 11.0. The van der Waals surface area contributed by atoms with Crippen LogP contribution in [0.2, 0.25) is 5.02 Å². The molecule has 0 bridgehead atoms. The van der Waals surface area contributed by atoms with Crippen molar-refractivity contribution in [3.8, 4) is 23.2 Å². The summed E-state index contributed by atoms with van der Waals surface area (Å²) >= 11 is 13.8. The summed E-state index contributed by atoms with van der Waals surface area (Å²) in [6.07, 6.45) is 2.80. The van der Waals surface area contributed by atoms with Crippen molar-refractivity contribution >= 4 is 78.7 Å². The molecule has 16 heteroatoms. The lowest BCUT2D eigenvalue weighted by Gasteiger charge is -2.58. The number of amides is 2. The molecule has 2 saturated heterocycles. The number of fused-ring (bicyclic) bond motifs is 2. The highest BCUT2D eigenvalue weighted by atomic mass is 35.5. The number of aliphatic imine (C=N–C) groups is 1. The number of methoxy groups -OCH3 is 1. The zero-order chi connectivity index (χ0) is 32.7. The highest BCUT2D eigenvalue weighted by Gasteiger charge is 2.59. The van der Waals surface area contributed by atoms with Crippen LogP contribution in [0.15, 0.2) is 23.2 Å². The summed E-state index contributed by atoms with van der Waals surface area (Å²) in [5, 5.41) is 11.7. The Hall–Kier alpha value is -4.03. The van der Waals surface area contributed by atoms with Crippen LogP contribution in [0.5, 0.6) is 6.01 Å². The van der Waals surface area contributed by atoms with Crippen molar-refractivity contribution in [3.63, 3.8) is 0 Å². The molecule has 46 heavy (non-hydrogen) atoms. The standard InChI is InChI=1S/C30H27Cl2F2N9O2S/c1-13(2)19-9-30(43(19)29(44)42-12-37-27(32)40-42)6-7-41(11-30)26-15-8-17(31)21(22(34)23(15)38-28(39-26)45-3)14-4-5-18(33)24-20(14)16(10-35)25(36)46-24/h4-5,8,12-13,19,27,40H,6-7,9,11,36H2,1-3H3/t19?,27?,30-/m1/s1. The second-order valence-electron chi connectivity index (χ2n) is 11.9. The molecule has 3 aliphatic heterocycles. The topological polar surface area (TPSA) is 136 Å². The van der Waals surface area contributed by atoms with Gasteiger partial charge in [0.15, 0.2) is 11.4 Å². The molecule has 2 aromatic carbocycles. The van der Waals surface area contributed by atoms with E-state index in [1.807, 2.05) is 15.9 Å².